The van der Waals surface area contributed by atoms with Gasteiger partial charge < -0.3 is 4.42 Å². The summed E-state index contributed by atoms with van der Waals surface area (Å²) < 4.78 is 6.38. The zero-order valence-corrected chi connectivity index (χ0v) is 16.8. The summed E-state index contributed by atoms with van der Waals surface area (Å²) in [5, 5.41) is 11.5. The first-order chi connectivity index (χ1) is 15.3. The number of fused-ring (bicyclic) bond motifs is 5. The van der Waals surface area contributed by atoms with E-state index in [1.807, 2.05) is 12.1 Å². The van der Waals surface area contributed by atoms with Crippen molar-refractivity contribution in [3.63, 3.8) is 0 Å². The topological polar surface area (TPSA) is 49.8 Å². The molecule has 2 heterocycles. The first-order valence-corrected chi connectivity index (χ1v) is 10.4. The summed E-state index contributed by atoms with van der Waals surface area (Å²) in [6.45, 7) is 0. The van der Waals surface area contributed by atoms with Crippen LogP contribution in [0, 0.1) is 11.3 Å². The fourth-order valence-corrected chi connectivity index (χ4v) is 4.61. The maximum atomic E-state index is 9.19. The molecule has 0 radical (unpaired) electrons. The number of nitrogens with zero attached hydrogens (tertiary/aromatic N) is 2. The highest BCUT2D eigenvalue weighted by Gasteiger charge is 2.20. The SMILES string of the molecule is N#Cc1cncc(-c2ccc3c(c2)oc2cc(-c4ccccc4)c4c(c23)C=CCC4)c1. The van der Waals surface area contributed by atoms with E-state index in [4.69, 9.17) is 4.42 Å². The summed E-state index contributed by atoms with van der Waals surface area (Å²) in [4.78, 5) is 4.20. The average Bonchev–Trinajstić information content (AvgIpc) is 3.22. The van der Waals surface area contributed by atoms with Crippen molar-refractivity contribution in [2.75, 3.05) is 0 Å². The van der Waals surface area contributed by atoms with Gasteiger partial charge in [-0.05, 0) is 64.9 Å². The molecule has 1 aliphatic carbocycles. The van der Waals surface area contributed by atoms with E-state index in [9.17, 15) is 5.26 Å². The van der Waals surface area contributed by atoms with E-state index in [1.165, 1.54) is 27.6 Å². The lowest BCUT2D eigenvalue weighted by molar-refractivity contribution is 0.669. The van der Waals surface area contributed by atoms with Crippen LogP contribution in [0.1, 0.15) is 23.1 Å². The van der Waals surface area contributed by atoms with Crippen molar-refractivity contribution < 1.29 is 4.42 Å². The number of nitriles is 1. The molecule has 31 heavy (non-hydrogen) atoms. The van der Waals surface area contributed by atoms with Crippen molar-refractivity contribution in [3.05, 3.63) is 95.8 Å². The van der Waals surface area contributed by atoms with Gasteiger partial charge in [-0.3, -0.25) is 4.98 Å². The Morgan fingerprint density at radius 3 is 2.65 bits per heavy atom. The lowest BCUT2D eigenvalue weighted by Gasteiger charge is -2.17. The Balaban J connectivity index is 1.61. The largest absolute Gasteiger partial charge is 0.456 e. The lowest BCUT2D eigenvalue weighted by Crippen LogP contribution is -1.98. The Morgan fingerprint density at radius 1 is 0.871 bits per heavy atom. The van der Waals surface area contributed by atoms with Gasteiger partial charge in [0.05, 0.1) is 5.56 Å². The summed E-state index contributed by atoms with van der Waals surface area (Å²) in [7, 11) is 0. The van der Waals surface area contributed by atoms with Gasteiger partial charge in [0, 0.05) is 28.7 Å². The molecule has 6 rings (SSSR count). The standard InChI is InChI=1S/C28H18N2O/c29-15-18-12-21(17-30-16-18)20-10-11-24-26(13-20)31-27-14-25(19-6-2-1-3-7-19)22-8-4-5-9-23(22)28(24)27/h1-3,5-7,9-14,16-17H,4,8H2. The molecule has 0 N–H and O–H groups in total. The predicted octanol–water partition coefficient (Wildman–Crippen LogP) is 7.15. The molecule has 5 aromatic rings. The van der Waals surface area contributed by atoms with E-state index in [0.29, 0.717) is 5.56 Å². The number of allylic oxidation sites excluding steroid dienone is 1. The van der Waals surface area contributed by atoms with Gasteiger partial charge in [-0.2, -0.15) is 5.26 Å². The molecule has 3 aromatic carbocycles. The van der Waals surface area contributed by atoms with Gasteiger partial charge in [0.2, 0.25) is 0 Å². The highest BCUT2D eigenvalue weighted by molar-refractivity contribution is 6.12. The third-order valence-electron chi connectivity index (χ3n) is 6.04. The second-order valence-corrected chi connectivity index (χ2v) is 7.88. The molecule has 0 fully saturated rings. The molecule has 146 valence electrons. The molecule has 3 nitrogen and oxygen atoms in total. The quantitative estimate of drug-likeness (QED) is 0.317. The van der Waals surface area contributed by atoms with Gasteiger partial charge in [-0.25, -0.2) is 0 Å². The summed E-state index contributed by atoms with van der Waals surface area (Å²) in [5.41, 5.74) is 9.32. The van der Waals surface area contributed by atoms with E-state index in [0.717, 1.165) is 40.5 Å². The molecule has 0 unspecified atom stereocenters. The molecule has 0 saturated carbocycles. The van der Waals surface area contributed by atoms with E-state index < -0.39 is 0 Å². The van der Waals surface area contributed by atoms with Crippen LogP contribution in [0.3, 0.4) is 0 Å². The summed E-state index contributed by atoms with van der Waals surface area (Å²) in [6, 6.07) is 23.0. The van der Waals surface area contributed by atoms with Crippen LogP contribution in [0.4, 0.5) is 0 Å². The van der Waals surface area contributed by atoms with Gasteiger partial charge in [0.1, 0.15) is 17.2 Å². The molecular weight excluding hydrogens is 380 g/mol. The summed E-state index contributed by atoms with van der Waals surface area (Å²) >= 11 is 0. The second-order valence-electron chi connectivity index (χ2n) is 7.88. The molecule has 3 heteroatoms. The number of hydrogen-bond acceptors (Lipinski definition) is 3. The summed E-state index contributed by atoms with van der Waals surface area (Å²) in [6.07, 6.45) is 9.94. The average molecular weight is 398 g/mol. The molecule has 0 atom stereocenters. The number of furan rings is 1. The molecule has 0 bridgehead atoms. The van der Waals surface area contributed by atoms with E-state index in [1.54, 1.807) is 12.4 Å². The molecule has 1 aliphatic rings. The normalized spacial score (nSPS) is 12.7. The van der Waals surface area contributed by atoms with Crippen LogP contribution in [0.5, 0.6) is 0 Å². The Kier molecular flexibility index (Phi) is 3.97. The monoisotopic (exact) mass is 398 g/mol. The van der Waals surface area contributed by atoms with E-state index in [2.05, 4.69) is 71.7 Å². The van der Waals surface area contributed by atoms with Crippen molar-refractivity contribution in [2.45, 2.75) is 12.8 Å². The fraction of sp³-hybridized carbons (Fsp3) is 0.0714. The van der Waals surface area contributed by atoms with Crippen molar-refractivity contribution in [3.8, 4) is 28.3 Å². The maximum absolute atomic E-state index is 9.19. The number of hydrogen-bond donors (Lipinski definition) is 0. The molecular formula is C28H18N2O. The van der Waals surface area contributed by atoms with Crippen LogP contribution >= 0.6 is 0 Å². The van der Waals surface area contributed by atoms with E-state index >= 15 is 0 Å². The maximum Gasteiger partial charge on any atom is 0.136 e. The number of aromatic nitrogens is 1. The van der Waals surface area contributed by atoms with Crippen molar-refractivity contribution >= 4 is 28.0 Å². The zero-order valence-electron chi connectivity index (χ0n) is 16.8. The van der Waals surface area contributed by atoms with Crippen LogP contribution in [0.15, 0.2) is 83.6 Å². The summed E-state index contributed by atoms with van der Waals surface area (Å²) in [5.74, 6) is 0. The van der Waals surface area contributed by atoms with Crippen LogP contribution < -0.4 is 0 Å². The molecule has 0 spiro atoms. The third kappa shape index (κ3) is 2.85. The van der Waals surface area contributed by atoms with Crippen LogP contribution in [-0.2, 0) is 6.42 Å². The zero-order chi connectivity index (χ0) is 20.8. The van der Waals surface area contributed by atoms with Crippen molar-refractivity contribution in [2.24, 2.45) is 0 Å². The van der Waals surface area contributed by atoms with Gasteiger partial charge in [0.25, 0.3) is 0 Å². The highest BCUT2D eigenvalue weighted by atomic mass is 16.3. The first-order valence-electron chi connectivity index (χ1n) is 10.4. The van der Waals surface area contributed by atoms with Gasteiger partial charge in [-0.15, -0.1) is 0 Å². The molecule has 0 amide bonds. The minimum absolute atomic E-state index is 0.550. The Labute approximate surface area is 179 Å². The number of pyridine rings is 1. The second kappa shape index (κ2) is 6.97. The lowest BCUT2D eigenvalue weighted by atomic mass is 9.86. The third-order valence-corrected chi connectivity index (χ3v) is 6.04. The number of benzene rings is 3. The smallest absolute Gasteiger partial charge is 0.136 e. The Morgan fingerprint density at radius 2 is 1.77 bits per heavy atom. The van der Waals surface area contributed by atoms with Gasteiger partial charge in [-0.1, -0.05) is 48.6 Å². The highest BCUT2D eigenvalue weighted by Crippen LogP contribution is 2.41. The van der Waals surface area contributed by atoms with Crippen molar-refractivity contribution in [1.82, 2.24) is 4.98 Å². The minimum Gasteiger partial charge on any atom is -0.456 e. The van der Waals surface area contributed by atoms with Gasteiger partial charge in [0.15, 0.2) is 0 Å². The van der Waals surface area contributed by atoms with Crippen LogP contribution in [0.25, 0.3) is 50.3 Å². The van der Waals surface area contributed by atoms with Crippen LogP contribution in [0.2, 0.25) is 0 Å². The predicted molar refractivity (Wildman–Crippen MR) is 124 cm³/mol. The first kappa shape index (κ1) is 17.7. The van der Waals surface area contributed by atoms with E-state index in [-0.39, 0.29) is 0 Å². The Bertz CT molecular complexity index is 1530. The molecule has 2 aromatic heterocycles. The minimum atomic E-state index is 0.550. The van der Waals surface area contributed by atoms with Crippen LogP contribution in [-0.4, -0.2) is 4.98 Å². The molecule has 0 aliphatic heterocycles. The number of rotatable bonds is 2. The fourth-order valence-electron chi connectivity index (χ4n) is 4.61. The van der Waals surface area contributed by atoms with Gasteiger partial charge >= 0.3 is 0 Å². The van der Waals surface area contributed by atoms with Crippen molar-refractivity contribution in [1.29, 1.82) is 5.26 Å². The Hall–Kier alpha value is -4.16. The molecule has 0 saturated heterocycles.